The van der Waals surface area contributed by atoms with E-state index in [4.69, 9.17) is 4.74 Å². The molecule has 1 aromatic carbocycles. The van der Waals surface area contributed by atoms with Crippen LogP contribution in [0.3, 0.4) is 0 Å². The molecule has 1 aromatic rings. The second-order valence-electron chi connectivity index (χ2n) is 7.31. The molecule has 11 heteroatoms. The zero-order valence-electron chi connectivity index (χ0n) is 15.8. The molecule has 2 amide bonds. The zero-order valence-corrected chi connectivity index (χ0v) is 15.8. The van der Waals surface area contributed by atoms with Crippen molar-refractivity contribution in [1.82, 2.24) is 4.90 Å². The number of hydrogen-bond acceptors (Lipinski definition) is 5. The largest absolute Gasteiger partial charge is 0.573 e. The number of nitrogens with zero attached hydrogens (tertiary/aromatic N) is 2. The normalized spacial score (nSPS) is 19.4. The van der Waals surface area contributed by atoms with Gasteiger partial charge >= 0.3 is 12.5 Å². The molecule has 0 saturated carbocycles. The van der Waals surface area contributed by atoms with Gasteiger partial charge in [0.05, 0.1) is 12.2 Å². The fourth-order valence-electron chi connectivity index (χ4n) is 2.73. The van der Waals surface area contributed by atoms with Crippen LogP contribution in [0.5, 0.6) is 5.75 Å². The lowest BCUT2D eigenvalue weighted by Crippen LogP contribution is -2.45. The molecule has 1 heterocycles. The predicted molar refractivity (Wildman–Crippen MR) is 92.7 cm³/mol. The molecule has 0 aromatic heterocycles. The van der Waals surface area contributed by atoms with Gasteiger partial charge in [0.2, 0.25) is 5.91 Å². The first-order valence-electron chi connectivity index (χ1n) is 8.54. The van der Waals surface area contributed by atoms with Gasteiger partial charge in [-0.15, -0.1) is 13.2 Å². The van der Waals surface area contributed by atoms with Crippen molar-refractivity contribution in [1.29, 1.82) is 5.26 Å². The topological polar surface area (TPSA) is 91.7 Å². The van der Waals surface area contributed by atoms with Crippen molar-refractivity contribution in [3.8, 4) is 11.8 Å². The number of hydrogen-bond donors (Lipinski definition) is 1. The molecule has 1 aliphatic rings. The quantitative estimate of drug-likeness (QED) is 0.757. The maximum absolute atomic E-state index is 13.9. The second-order valence-corrected chi connectivity index (χ2v) is 7.31. The lowest BCUT2D eigenvalue weighted by Gasteiger charge is -2.27. The third kappa shape index (κ3) is 5.97. The number of rotatable bonds is 3. The minimum absolute atomic E-state index is 0.259. The fraction of sp³-hybridized carbons (Fsp3) is 0.500. The summed E-state index contributed by atoms with van der Waals surface area (Å²) in [4.78, 5) is 25.8. The van der Waals surface area contributed by atoms with Crippen LogP contribution in [-0.4, -0.2) is 47.6 Å². The first kappa shape index (κ1) is 22.3. The molecular formula is C18H19F4N3O4. The van der Waals surface area contributed by atoms with Crippen LogP contribution in [-0.2, 0) is 9.53 Å². The average Bonchev–Trinajstić information content (AvgIpc) is 2.94. The van der Waals surface area contributed by atoms with E-state index in [9.17, 15) is 32.4 Å². The molecule has 0 unspecified atom stereocenters. The van der Waals surface area contributed by atoms with Crippen molar-refractivity contribution >= 4 is 17.7 Å². The molecule has 0 radical (unpaired) electrons. The van der Waals surface area contributed by atoms with Crippen LogP contribution in [0, 0.1) is 11.3 Å². The molecule has 0 bridgehead atoms. The van der Waals surface area contributed by atoms with Crippen molar-refractivity contribution in [2.24, 2.45) is 0 Å². The van der Waals surface area contributed by atoms with E-state index in [2.05, 4.69) is 10.1 Å². The number of ether oxygens (including phenoxy) is 2. The average molecular weight is 417 g/mol. The Balaban J connectivity index is 2.23. The van der Waals surface area contributed by atoms with E-state index in [1.165, 1.54) is 12.1 Å². The van der Waals surface area contributed by atoms with Crippen LogP contribution < -0.4 is 10.1 Å². The van der Waals surface area contributed by atoms with Gasteiger partial charge in [0.15, 0.2) is 0 Å². The molecule has 1 saturated heterocycles. The van der Waals surface area contributed by atoms with Gasteiger partial charge in [-0.2, -0.15) is 5.26 Å². The summed E-state index contributed by atoms with van der Waals surface area (Å²) < 4.78 is 60.3. The number of halogens is 4. The van der Waals surface area contributed by atoms with Gasteiger partial charge in [-0.25, -0.2) is 9.18 Å². The smallest absolute Gasteiger partial charge is 0.444 e. The first-order chi connectivity index (χ1) is 13.3. The Hall–Kier alpha value is -3.03. The number of carbonyl (C=O) groups is 2. The van der Waals surface area contributed by atoms with Crippen molar-refractivity contribution in [3.05, 3.63) is 23.8 Å². The van der Waals surface area contributed by atoms with Crippen molar-refractivity contribution in [2.45, 2.75) is 51.4 Å². The Morgan fingerprint density at radius 1 is 1.28 bits per heavy atom. The summed E-state index contributed by atoms with van der Waals surface area (Å²) in [6.07, 6.45) is -7.72. The molecule has 2 rings (SSSR count). The van der Waals surface area contributed by atoms with Crippen molar-refractivity contribution in [2.75, 3.05) is 11.9 Å². The Morgan fingerprint density at radius 2 is 1.93 bits per heavy atom. The number of nitrogens with one attached hydrogen (secondary N) is 1. The van der Waals surface area contributed by atoms with Gasteiger partial charge < -0.3 is 14.8 Å². The summed E-state index contributed by atoms with van der Waals surface area (Å²) >= 11 is 0. The standard InChI is InChI=1S/C18H19F4N3O4/c1-17(2,3)29-16(27)25-9-10(19)7-13(25)15(26)24-12-5-4-6-14(11(12)8-23)28-18(20,21)22/h4-6,10,13H,7,9H2,1-3H3,(H,24,26)/t10-,13+/m1/s1. The highest BCUT2D eigenvalue weighted by Gasteiger charge is 2.42. The summed E-state index contributed by atoms with van der Waals surface area (Å²) in [5.74, 6) is -1.66. The van der Waals surface area contributed by atoms with Crippen LogP contribution in [0.15, 0.2) is 18.2 Å². The summed E-state index contributed by atoms with van der Waals surface area (Å²) in [5.41, 5.74) is -1.69. The number of carbonyl (C=O) groups excluding carboxylic acids is 2. The maximum atomic E-state index is 13.9. The molecule has 1 fully saturated rings. The highest BCUT2D eigenvalue weighted by atomic mass is 19.4. The lowest BCUT2D eigenvalue weighted by molar-refractivity contribution is -0.274. The van der Waals surface area contributed by atoms with Crippen LogP contribution in [0.1, 0.15) is 32.8 Å². The number of benzene rings is 1. The number of alkyl halides is 4. The molecular weight excluding hydrogens is 398 g/mol. The Labute approximate surface area is 164 Å². The molecule has 7 nitrogen and oxygen atoms in total. The van der Waals surface area contributed by atoms with Gasteiger partial charge in [0.1, 0.15) is 35.2 Å². The first-order valence-corrected chi connectivity index (χ1v) is 8.54. The molecule has 0 spiro atoms. The van der Waals surface area contributed by atoms with E-state index in [0.29, 0.717) is 0 Å². The van der Waals surface area contributed by atoms with E-state index < -0.39 is 47.5 Å². The predicted octanol–water partition coefficient (Wildman–Crippen LogP) is 3.74. The monoisotopic (exact) mass is 417 g/mol. The molecule has 1 N–H and O–H groups in total. The Kier molecular flexibility index (Phi) is 6.25. The van der Waals surface area contributed by atoms with Crippen molar-refractivity contribution in [3.63, 3.8) is 0 Å². The molecule has 0 aliphatic carbocycles. The van der Waals surface area contributed by atoms with Gasteiger partial charge in [0.25, 0.3) is 0 Å². The van der Waals surface area contributed by atoms with E-state index in [-0.39, 0.29) is 18.7 Å². The summed E-state index contributed by atoms with van der Waals surface area (Å²) in [6, 6.07) is 3.55. The minimum atomic E-state index is -5.03. The van der Waals surface area contributed by atoms with Crippen LogP contribution >= 0.6 is 0 Å². The van der Waals surface area contributed by atoms with E-state index >= 15 is 0 Å². The number of anilines is 1. The number of amides is 2. The Bertz CT molecular complexity index is 830. The third-order valence-corrected chi connectivity index (χ3v) is 3.80. The number of likely N-dealkylation sites (tertiary alicyclic amines) is 1. The third-order valence-electron chi connectivity index (χ3n) is 3.80. The van der Waals surface area contributed by atoms with Crippen LogP contribution in [0.25, 0.3) is 0 Å². The van der Waals surface area contributed by atoms with E-state index in [1.807, 2.05) is 0 Å². The SMILES string of the molecule is CC(C)(C)OC(=O)N1C[C@H](F)C[C@H]1C(=O)Nc1cccc(OC(F)(F)F)c1C#N. The lowest BCUT2D eigenvalue weighted by atomic mass is 10.1. The zero-order chi connectivity index (χ0) is 22.0. The number of nitriles is 1. The Morgan fingerprint density at radius 3 is 2.48 bits per heavy atom. The maximum Gasteiger partial charge on any atom is 0.573 e. The van der Waals surface area contributed by atoms with Crippen LogP contribution in [0.2, 0.25) is 0 Å². The molecule has 1 aliphatic heterocycles. The summed E-state index contributed by atoms with van der Waals surface area (Å²) in [5, 5.41) is 11.5. The molecule has 158 valence electrons. The van der Waals surface area contributed by atoms with Gasteiger partial charge in [-0.3, -0.25) is 9.69 Å². The minimum Gasteiger partial charge on any atom is -0.444 e. The fourth-order valence-corrected chi connectivity index (χ4v) is 2.73. The van der Waals surface area contributed by atoms with E-state index in [1.54, 1.807) is 20.8 Å². The van der Waals surface area contributed by atoms with Crippen LogP contribution in [0.4, 0.5) is 28.0 Å². The van der Waals surface area contributed by atoms with Gasteiger partial charge in [-0.1, -0.05) is 6.07 Å². The second kappa shape index (κ2) is 8.14. The van der Waals surface area contributed by atoms with Crippen molar-refractivity contribution < 1.29 is 36.6 Å². The summed E-state index contributed by atoms with van der Waals surface area (Å²) in [6.45, 7) is 4.45. The van der Waals surface area contributed by atoms with Gasteiger partial charge in [0, 0.05) is 6.42 Å². The highest BCUT2D eigenvalue weighted by molar-refractivity contribution is 5.98. The molecule has 29 heavy (non-hydrogen) atoms. The highest BCUT2D eigenvalue weighted by Crippen LogP contribution is 2.31. The summed E-state index contributed by atoms with van der Waals surface area (Å²) in [7, 11) is 0. The molecule has 2 atom stereocenters. The van der Waals surface area contributed by atoms with E-state index in [0.717, 1.165) is 17.0 Å². The van der Waals surface area contributed by atoms with Gasteiger partial charge in [-0.05, 0) is 32.9 Å².